The van der Waals surface area contributed by atoms with Crippen molar-refractivity contribution in [3.8, 4) is 11.1 Å². The third kappa shape index (κ3) is 5.19. The Hall–Kier alpha value is -4.55. The van der Waals surface area contributed by atoms with Crippen LogP contribution in [0.3, 0.4) is 0 Å². The zero-order valence-electron chi connectivity index (χ0n) is 21.5. The van der Waals surface area contributed by atoms with Crippen molar-refractivity contribution < 1.29 is 35.5 Å². The Morgan fingerprint density at radius 1 is 0.927 bits per heavy atom. The van der Waals surface area contributed by atoms with Gasteiger partial charge in [-0.05, 0) is 61.4 Å². The molecule has 0 aliphatic rings. The van der Waals surface area contributed by atoms with Crippen LogP contribution in [0.2, 0.25) is 0 Å². The first kappa shape index (κ1) is 28.0. The lowest BCUT2D eigenvalue weighted by Crippen LogP contribution is -2.33. The molecule has 0 N–H and O–H groups in total. The monoisotopic (exact) mass is 575 g/mol. The molecule has 0 unspecified atom stereocenters. The fraction of sp³-hybridized carbons (Fsp3) is 0.214. The van der Waals surface area contributed by atoms with Crippen molar-refractivity contribution in [2.45, 2.75) is 32.7 Å². The number of rotatable bonds is 5. The maximum atomic E-state index is 14.2. The highest BCUT2D eigenvalue weighted by atomic mass is 19.4. The molecule has 0 spiro atoms. The average molecular weight is 575 g/mol. The van der Waals surface area contributed by atoms with Crippen LogP contribution in [0.5, 0.6) is 0 Å². The molecule has 2 aromatic carbocycles. The lowest BCUT2D eigenvalue weighted by atomic mass is 9.97. The highest BCUT2D eigenvalue weighted by Crippen LogP contribution is 2.38. The van der Waals surface area contributed by atoms with E-state index < -0.39 is 41.7 Å². The molecule has 0 aliphatic carbocycles. The first-order valence-corrected chi connectivity index (χ1v) is 12.3. The van der Waals surface area contributed by atoms with Gasteiger partial charge in [-0.3, -0.25) is 14.2 Å². The fourth-order valence-electron chi connectivity index (χ4n) is 4.73. The van der Waals surface area contributed by atoms with Crippen LogP contribution >= 0.6 is 0 Å². The molecule has 0 bridgehead atoms. The van der Waals surface area contributed by atoms with Crippen molar-refractivity contribution in [1.82, 2.24) is 24.5 Å². The molecule has 212 valence electrons. The molecule has 0 saturated heterocycles. The number of carbonyl (C=O) groups is 1. The van der Waals surface area contributed by atoms with Crippen LogP contribution in [0.15, 0.2) is 60.8 Å². The van der Waals surface area contributed by atoms with E-state index in [4.69, 9.17) is 0 Å². The molecule has 13 heteroatoms. The number of aromatic nitrogens is 4. The predicted molar refractivity (Wildman–Crippen MR) is 135 cm³/mol. The topological polar surface area (TPSA) is 63.4 Å². The van der Waals surface area contributed by atoms with Gasteiger partial charge in [0, 0.05) is 30.2 Å². The molecule has 0 fully saturated rings. The van der Waals surface area contributed by atoms with Crippen LogP contribution in [0.4, 0.5) is 30.7 Å². The first-order valence-electron chi connectivity index (χ1n) is 12.3. The van der Waals surface area contributed by atoms with Crippen LogP contribution in [0.25, 0.3) is 27.7 Å². The molecule has 3 heterocycles. The third-order valence-electron chi connectivity index (χ3n) is 6.60. The predicted octanol–water partition coefficient (Wildman–Crippen LogP) is 7.09. The van der Waals surface area contributed by atoms with Gasteiger partial charge in [0.15, 0.2) is 5.65 Å². The highest BCUT2D eigenvalue weighted by molar-refractivity contribution is 6.11. The SMILES string of the molecule is CCN(Cc1cc(C(F)(F)F)cc(C(F)(F)F)c1)C(=O)c1c(-c2ccc(F)cc2)c2cccnc2c2nnc(C)n12. The Balaban J connectivity index is 1.72. The van der Waals surface area contributed by atoms with Crippen LogP contribution in [-0.2, 0) is 18.9 Å². The third-order valence-corrected chi connectivity index (χ3v) is 6.60. The molecule has 6 nitrogen and oxygen atoms in total. The van der Waals surface area contributed by atoms with E-state index in [1.807, 2.05) is 0 Å². The number of halogens is 7. The summed E-state index contributed by atoms with van der Waals surface area (Å²) in [5, 5.41) is 8.70. The highest BCUT2D eigenvalue weighted by Gasteiger charge is 2.37. The molecule has 0 aliphatic heterocycles. The van der Waals surface area contributed by atoms with E-state index in [-0.39, 0.29) is 35.3 Å². The van der Waals surface area contributed by atoms with Crippen LogP contribution < -0.4 is 0 Å². The number of hydrogen-bond donors (Lipinski definition) is 0. The minimum atomic E-state index is -5.04. The summed E-state index contributed by atoms with van der Waals surface area (Å²) in [6, 6.07) is 9.85. The molecule has 5 aromatic rings. The second-order valence-corrected chi connectivity index (χ2v) is 9.27. The molecule has 1 amide bonds. The van der Waals surface area contributed by atoms with Gasteiger partial charge in [0.2, 0.25) is 0 Å². The zero-order chi connectivity index (χ0) is 29.7. The van der Waals surface area contributed by atoms with Gasteiger partial charge in [0.05, 0.1) is 11.1 Å². The van der Waals surface area contributed by atoms with Gasteiger partial charge in [0.1, 0.15) is 22.9 Å². The smallest absolute Gasteiger partial charge is 0.333 e. The van der Waals surface area contributed by atoms with E-state index in [9.17, 15) is 35.5 Å². The van der Waals surface area contributed by atoms with E-state index >= 15 is 0 Å². The van der Waals surface area contributed by atoms with Crippen molar-refractivity contribution in [3.05, 3.63) is 94.8 Å². The molecule has 0 radical (unpaired) electrons. The number of nitrogens with zero attached hydrogens (tertiary/aromatic N) is 5. The van der Waals surface area contributed by atoms with Crippen molar-refractivity contribution in [2.75, 3.05) is 6.54 Å². The lowest BCUT2D eigenvalue weighted by molar-refractivity contribution is -0.143. The minimum Gasteiger partial charge on any atom is -0.333 e. The van der Waals surface area contributed by atoms with Crippen molar-refractivity contribution in [1.29, 1.82) is 0 Å². The van der Waals surface area contributed by atoms with E-state index in [1.165, 1.54) is 34.9 Å². The molecule has 3 aromatic heterocycles. The number of fused-ring (bicyclic) bond motifs is 3. The largest absolute Gasteiger partial charge is 0.416 e. The molecule has 41 heavy (non-hydrogen) atoms. The van der Waals surface area contributed by atoms with Crippen LogP contribution in [0, 0.1) is 12.7 Å². The summed E-state index contributed by atoms with van der Waals surface area (Å²) >= 11 is 0. The van der Waals surface area contributed by atoms with Crippen molar-refractivity contribution in [2.24, 2.45) is 0 Å². The minimum absolute atomic E-state index is 0.000482. The summed E-state index contributed by atoms with van der Waals surface area (Å²) in [7, 11) is 0. The first-order chi connectivity index (χ1) is 19.3. The van der Waals surface area contributed by atoms with E-state index in [2.05, 4.69) is 15.2 Å². The maximum absolute atomic E-state index is 14.2. The van der Waals surface area contributed by atoms with E-state index in [1.54, 1.807) is 26.0 Å². The summed E-state index contributed by atoms with van der Waals surface area (Å²) in [5.41, 5.74) is -1.95. The number of carbonyl (C=O) groups excluding carboxylic acids is 1. The van der Waals surface area contributed by atoms with Gasteiger partial charge in [-0.1, -0.05) is 18.2 Å². The maximum Gasteiger partial charge on any atom is 0.416 e. The van der Waals surface area contributed by atoms with Gasteiger partial charge >= 0.3 is 12.4 Å². The lowest BCUT2D eigenvalue weighted by Gasteiger charge is -2.25. The van der Waals surface area contributed by atoms with E-state index in [0.29, 0.717) is 34.2 Å². The molecule has 0 saturated carbocycles. The van der Waals surface area contributed by atoms with E-state index in [0.717, 1.165) is 4.90 Å². The Labute approximate surface area is 228 Å². The summed E-state index contributed by atoms with van der Waals surface area (Å²) in [5.74, 6) is -0.948. The molecule has 5 rings (SSSR count). The fourth-order valence-corrected chi connectivity index (χ4v) is 4.73. The Bertz CT molecular complexity index is 1740. The number of benzene rings is 2. The standard InChI is InChI=1S/C28H20F7N5O/c1-3-39(14-16-11-18(27(30,31)32)13-19(12-16)28(33,34)35)26(41)24-22(17-6-8-20(29)9-7-17)21-5-4-10-36-23(21)25-38-37-15(2)40(24)25/h4-13H,3,14H2,1-2H3. The van der Waals surface area contributed by atoms with Gasteiger partial charge in [-0.15, -0.1) is 10.2 Å². The van der Waals surface area contributed by atoms with Gasteiger partial charge < -0.3 is 4.90 Å². The summed E-state index contributed by atoms with van der Waals surface area (Å²) < 4.78 is 96.2. The van der Waals surface area contributed by atoms with Crippen molar-refractivity contribution in [3.63, 3.8) is 0 Å². The molecular weight excluding hydrogens is 555 g/mol. The second-order valence-electron chi connectivity index (χ2n) is 9.27. The van der Waals surface area contributed by atoms with Crippen LogP contribution in [0.1, 0.15) is 39.9 Å². The summed E-state index contributed by atoms with van der Waals surface area (Å²) in [6.45, 7) is 2.51. The number of pyridine rings is 2. The second kappa shape index (κ2) is 10.1. The van der Waals surface area contributed by atoms with Gasteiger partial charge in [-0.25, -0.2) is 4.39 Å². The molecule has 0 atom stereocenters. The Morgan fingerprint density at radius 2 is 1.56 bits per heavy atom. The normalized spacial score (nSPS) is 12.3. The van der Waals surface area contributed by atoms with Crippen LogP contribution in [-0.4, -0.2) is 36.9 Å². The molecular formula is C28H20F7N5O. The number of hydrogen-bond acceptors (Lipinski definition) is 4. The summed E-state index contributed by atoms with van der Waals surface area (Å²) in [6.07, 6.45) is -8.56. The summed E-state index contributed by atoms with van der Waals surface area (Å²) in [4.78, 5) is 19.7. The zero-order valence-corrected chi connectivity index (χ0v) is 21.5. The number of alkyl halides is 6. The number of amides is 1. The van der Waals surface area contributed by atoms with Crippen molar-refractivity contribution >= 4 is 22.5 Å². The Kier molecular flexibility index (Phi) is 6.92. The Morgan fingerprint density at radius 3 is 2.15 bits per heavy atom. The van der Waals surface area contributed by atoms with Gasteiger partial charge in [-0.2, -0.15) is 26.3 Å². The average Bonchev–Trinajstić information content (AvgIpc) is 3.31. The quantitative estimate of drug-likeness (QED) is 0.210. The number of aryl methyl sites for hydroxylation is 1. The van der Waals surface area contributed by atoms with Gasteiger partial charge in [0.25, 0.3) is 5.91 Å².